The Bertz CT molecular complexity index is 701. The number of nitrogens with zero attached hydrogens (tertiary/aromatic N) is 3. The van der Waals surface area contributed by atoms with E-state index in [-0.39, 0.29) is 0 Å². The van der Waals surface area contributed by atoms with Crippen LogP contribution in [0.4, 0.5) is 5.95 Å². The number of hydrogen-bond donors (Lipinski definition) is 1. The summed E-state index contributed by atoms with van der Waals surface area (Å²) in [4.78, 5) is 22.1. The van der Waals surface area contributed by atoms with Crippen LogP contribution in [0, 0.1) is 0 Å². The Kier molecular flexibility index (Phi) is 5.16. The third-order valence-electron chi connectivity index (χ3n) is 3.37. The van der Waals surface area contributed by atoms with Crippen LogP contribution in [0.15, 0.2) is 30.3 Å². The van der Waals surface area contributed by atoms with Crippen LogP contribution in [-0.2, 0) is 11.2 Å². The molecule has 1 amide bonds. The van der Waals surface area contributed by atoms with Gasteiger partial charge in [0.05, 0.1) is 5.69 Å². The summed E-state index contributed by atoms with van der Waals surface area (Å²) in [6, 6.07) is 9.41. The van der Waals surface area contributed by atoms with Gasteiger partial charge in [0, 0.05) is 25.4 Å². The molecule has 2 aromatic rings. The molecule has 0 aliphatic rings. The fourth-order valence-corrected chi connectivity index (χ4v) is 2.00. The number of benzene rings is 1. The molecule has 2 rings (SSSR count). The first-order valence-electron chi connectivity index (χ1n) is 7.52. The minimum atomic E-state index is -0.681. The molecule has 0 aliphatic carbocycles. The number of amides is 1. The van der Waals surface area contributed by atoms with Crippen molar-refractivity contribution in [1.29, 1.82) is 0 Å². The van der Waals surface area contributed by atoms with Crippen LogP contribution in [-0.4, -0.2) is 36.1 Å². The summed E-state index contributed by atoms with van der Waals surface area (Å²) in [7, 11) is 3.82. The van der Waals surface area contributed by atoms with E-state index in [1.54, 1.807) is 13.0 Å². The number of hydrogen-bond acceptors (Lipinski definition) is 5. The summed E-state index contributed by atoms with van der Waals surface area (Å²) >= 11 is 0. The summed E-state index contributed by atoms with van der Waals surface area (Å²) in [5.41, 5.74) is 7.92. The number of carbonyl (C=O) groups is 1. The molecule has 1 aromatic heterocycles. The lowest BCUT2D eigenvalue weighted by molar-refractivity contribution is -0.123. The van der Waals surface area contributed by atoms with Crippen LogP contribution in [0.5, 0.6) is 5.75 Å². The van der Waals surface area contributed by atoms with Gasteiger partial charge in [-0.25, -0.2) is 9.97 Å². The maximum atomic E-state index is 11.1. The lowest BCUT2D eigenvalue weighted by Crippen LogP contribution is -2.30. The second kappa shape index (κ2) is 7.09. The van der Waals surface area contributed by atoms with E-state index in [4.69, 9.17) is 10.5 Å². The van der Waals surface area contributed by atoms with Gasteiger partial charge in [0.1, 0.15) is 5.75 Å². The highest BCUT2D eigenvalue weighted by Gasteiger charge is 2.12. The zero-order valence-corrected chi connectivity index (χ0v) is 13.9. The van der Waals surface area contributed by atoms with Crippen molar-refractivity contribution in [1.82, 2.24) is 9.97 Å². The molecule has 0 spiro atoms. The highest BCUT2D eigenvalue weighted by molar-refractivity contribution is 5.78. The van der Waals surface area contributed by atoms with Crippen molar-refractivity contribution in [3.05, 3.63) is 36.0 Å². The number of nitrogens with two attached hydrogens (primary N) is 1. The SMILES string of the molecule is CCc1cc(-c2cccc(OC(C)C(N)=O)c2)nc(N(C)C)n1. The van der Waals surface area contributed by atoms with Crippen LogP contribution in [0.3, 0.4) is 0 Å². The van der Waals surface area contributed by atoms with Crippen LogP contribution < -0.4 is 15.4 Å². The first-order valence-corrected chi connectivity index (χ1v) is 7.52. The van der Waals surface area contributed by atoms with Crippen molar-refractivity contribution in [3.8, 4) is 17.0 Å². The molecule has 0 saturated heterocycles. The molecule has 6 nitrogen and oxygen atoms in total. The van der Waals surface area contributed by atoms with Gasteiger partial charge in [0.15, 0.2) is 6.10 Å². The molecule has 0 fully saturated rings. The number of rotatable bonds is 6. The molecule has 0 radical (unpaired) electrons. The van der Waals surface area contributed by atoms with Crippen molar-refractivity contribution in [2.24, 2.45) is 5.73 Å². The predicted molar refractivity (Wildman–Crippen MR) is 90.5 cm³/mol. The Morgan fingerprint density at radius 1 is 1.30 bits per heavy atom. The molecule has 1 heterocycles. The normalized spacial score (nSPS) is 11.8. The summed E-state index contributed by atoms with van der Waals surface area (Å²) in [6.07, 6.45) is 0.143. The number of carbonyl (C=O) groups excluding carboxylic acids is 1. The van der Waals surface area contributed by atoms with E-state index in [1.165, 1.54) is 0 Å². The van der Waals surface area contributed by atoms with Crippen LogP contribution >= 0.6 is 0 Å². The van der Waals surface area contributed by atoms with Crippen molar-refractivity contribution in [2.45, 2.75) is 26.4 Å². The first-order chi connectivity index (χ1) is 10.9. The van der Waals surface area contributed by atoms with E-state index in [1.807, 2.05) is 43.3 Å². The average molecular weight is 314 g/mol. The van der Waals surface area contributed by atoms with Gasteiger partial charge in [-0.3, -0.25) is 4.79 Å². The lowest BCUT2D eigenvalue weighted by Gasteiger charge is -2.14. The van der Waals surface area contributed by atoms with Gasteiger partial charge < -0.3 is 15.4 Å². The zero-order valence-electron chi connectivity index (χ0n) is 13.9. The minimum Gasteiger partial charge on any atom is -0.481 e. The number of anilines is 1. The van der Waals surface area contributed by atoms with E-state index in [0.717, 1.165) is 23.4 Å². The maximum Gasteiger partial charge on any atom is 0.258 e. The third kappa shape index (κ3) is 4.18. The van der Waals surface area contributed by atoms with Crippen LogP contribution in [0.1, 0.15) is 19.5 Å². The Labute approximate surface area is 136 Å². The quantitative estimate of drug-likeness (QED) is 0.882. The molecule has 0 bridgehead atoms. The van der Waals surface area contributed by atoms with E-state index in [2.05, 4.69) is 16.9 Å². The summed E-state index contributed by atoms with van der Waals surface area (Å²) in [5, 5.41) is 0. The van der Waals surface area contributed by atoms with Gasteiger partial charge >= 0.3 is 0 Å². The van der Waals surface area contributed by atoms with Gasteiger partial charge in [0.25, 0.3) is 5.91 Å². The van der Waals surface area contributed by atoms with Gasteiger partial charge in [0.2, 0.25) is 5.95 Å². The van der Waals surface area contributed by atoms with Gasteiger partial charge in [-0.05, 0) is 31.5 Å². The maximum absolute atomic E-state index is 11.1. The van der Waals surface area contributed by atoms with Crippen molar-refractivity contribution >= 4 is 11.9 Å². The second-order valence-corrected chi connectivity index (χ2v) is 5.48. The third-order valence-corrected chi connectivity index (χ3v) is 3.37. The topological polar surface area (TPSA) is 81.3 Å². The predicted octanol–water partition coefficient (Wildman–Crippen LogP) is 2.02. The van der Waals surface area contributed by atoms with Crippen molar-refractivity contribution < 1.29 is 9.53 Å². The molecular formula is C17H22N4O2. The largest absolute Gasteiger partial charge is 0.481 e. The molecule has 6 heteroatoms. The summed E-state index contributed by atoms with van der Waals surface area (Å²) < 4.78 is 5.54. The molecule has 0 saturated carbocycles. The van der Waals surface area contributed by atoms with E-state index >= 15 is 0 Å². The highest BCUT2D eigenvalue weighted by Crippen LogP contribution is 2.25. The molecule has 1 unspecified atom stereocenters. The fourth-order valence-electron chi connectivity index (χ4n) is 2.00. The standard InChI is InChI=1S/C17H22N4O2/c1-5-13-10-15(20-17(19-13)21(3)4)12-7-6-8-14(9-12)23-11(2)16(18)22/h6-11H,5H2,1-4H3,(H2,18,22). The number of aromatic nitrogens is 2. The van der Waals surface area contributed by atoms with Gasteiger partial charge in [-0.15, -0.1) is 0 Å². The molecule has 2 N–H and O–H groups in total. The fraction of sp³-hybridized carbons (Fsp3) is 0.353. The average Bonchev–Trinajstić information content (AvgIpc) is 2.54. The van der Waals surface area contributed by atoms with Gasteiger partial charge in [-0.1, -0.05) is 19.1 Å². The van der Waals surface area contributed by atoms with E-state index < -0.39 is 12.0 Å². The number of aryl methyl sites for hydroxylation is 1. The minimum absolute atomic E-state index is 0.499. The zero-order chi connectivity index (χ0) is 17.0. The Hall–Kier alpha value is -2.63. The molecule has 1 atom stereocenters. The smallest absolute Gasteiger partial charge is 0.258 e. The van der Waals surface area contributed by atoms with E-state index in [9.17, 15) is 4.79 Å². The van der Waals surface area contributed by atoms with Crippen LogP contribution in [0.2, 0.25) is 0 Å². The Balaban J connectivity index is 2.38. The number of primary amides is 1. The van der Waals surface area contributed by atoms with Crippen LogP contribution in [0.25, 0.3) is 11.3 Å². The Morgan fingerprint density at radius 3 is 2.65 bits per heavy atom. The molecule has 122 valence electrons. The van der Waals surface area contributed by atoms with E-state index in [0.29, 0.717) is 11.7 Å². The second-order valence-electron chi connectivity index (χ2n) is 5.48. The lowest BCUT2D eigenvalue weighted by atomic mass is 10.1. The highest BCUT2D eigenvalue weighted by atomic mass is 16.5. The first kappa shape index (κ1) is 16.7. The molecule has 0 aliphatic heterocycles. The summed E-state index contributed by atoms with van der Waals surface area (Å²) in [5.74, 6) is 0.744. The number of ether oxygens (including phenoxy) is 1. The summed E-state index contributed by atoms with van der Waals surface area (Å²) in [6.45, 7) is 3.68. The van der Waals surface area contributed by atoms with Gasteiger partial charge in [-0.2, -0.15) is 0 Å². The van der Waals surface area contributed by atoms with Crippen molar-refractivity contribution in [3.63, 3.8) is 0 Å². The molecular weight excluding hydrogens is 292 g/mol. The molecule has 1 aromatic carbocycles. The van der Waals surface area contributed by atoms with Crippen molar-refractivity contribution in [2.75, 3.05) is 19.0 Å². The molecule has 23 heavy (non-hydrogen) atoms. The Morgan fingerprint density at radius 2 is 2.04 bits per heavy atom. The monoisotopic (exact) mass is 314 g/mol.